The van der Waals surface area contributed by atoms with Crippen LogP contribution < -0.4 is 25.8 Å². The van der Waals surface area contributed by atoms with E-state index in [4.69, 9.17) is 26.4 Å². The van der Waals surface area contributed by atoms with E-state index in [-0.39, 0.29) is 12.2 Å². The first-order chi connectivity index (χ1) is 11.1. The molecule has 0 fully saturated rings. The van der Waals surface area contributed by atoms with Crippen LogP contribution in [0.2, 0.25) is 0 Å². The van der Waals surface area contributed by atoms with E-state index in [2.05, 4.69) is 0 Å². The SMILES string of the molecule is COc1cccc(Oc2ccc3c(c2)CC(N)C(N)N3C=N)c1. The molecule has 23 heavy (non-hydrogen) atoms. The minimum atomic E-state index is -0.384. The predicted molar refractivity (Wildman–Crippen MR) is 90.4 cm³/mol. The Bertz CT molecular complexity index is 719. The lowest BCUT2D eigenvalue weighted by atomic mass is 9.96. The normalized spacial score (nSPS) is 19.9. The molecule has 0 aliphatic carbocycles. The van der Waals surface area contributed by atoms with Crippen molar-refractivity contribution in [3.63, 3.8) is 0 Å². The number of methoxy groups -OCH3 is 1. The van der Waals surface area contributed by atoms with Crippen LogP contribution in [0.4, 0.5) is 5.69 Å². The van der Waals surface area contributed by atoms with Crippen LogP contribution in [0.5, 0.6) is 17.2 Å². The topological polar surface area (TPSA) is 97.6 Å². The molecule has 2 atom stereocenters. The van der Waals surface area contributed by atoms with E-state index in [1.54, 1.807) is 12.0 Å². The molecule has 1 aliphatic heterocycles. The lowest BCUT2D eigenvalue weighted by Gasteiger charge is -2.37. The van der Waals surface area contributed by atoms with Crippen LogP contribution >= 0.6 is 0 Å². The van der Waals surface area contributed by atoms with Gasteiger partial charge in [0.15, 0.2) is 0 Å². The number of hydrogen-bond acceptors (Lipinski definition) is 5. The van der Waals surface area contributed by atoms with Crippen LogP contribution in [0.25, 0.3) is 0 Å². The summed E-state index contributed by atoms with van der Waals surface area (Å²) in [6.45, 7) is 0. The summed E-state index contributed by atoms with van der Waals surface area (Å²) in [4.78, 5) is 1.68. The first kappa shape index (κ1) is 15.3. The van der Waals surface area contributed by atoms with Crippen molar-refractivity contribution in [3.8, 4) is 17.2 Å². The third-order valence-corrected chi connectivity index (χ3v) is 3.96. The molecule has 120 valence electrons. The zero-order valence-corrected chi connectivity index (χ0v) is 12.9. The van der Waals surface area contributed by atoms with Gasteiger partial charge in [0.25, 0.3) is 0 Å². The molecule has 6 nitrogen and oxygen atoms in total. The molecule has 0 bridgehead atoms. The summed E-state index contributed by atoms with van der Waals surface area (Å²) >= 11 is 0. The molecule has 2 aromatic rings. The number of benzene rings is 2. The lowest BCUT2D eigenvalue weighted by molar-refractivity contribution is 0.409. The Balaban J connectivity index is 1.88. The monoisotopic (exact) mass is 312 g/mol. The maximum Gasteiger partial charge on any atom is 0.131 e. The Hall–Kier alpha value is -2.57. The van der Waals surface area contributed by atoms with Gasteiger partial charge >= 0.3 is 0 Å². The minimum Gasteiger partial charge on any atom is -0.497 e. The van der Waals surface area contributed by atoms with E-state index in [1.165, 1.54) is 6.34 Å². The van der Waals surface area contributed by atoms with Crippen molar-refractivity contribution >= 4 is 12.0 Å². The second-order valence-electron chi connectivity index (χ2n) is 5.47. The molecule has 0 saturated heterocycles. The maximum absolute atomic E-state index is 7.55. The second-order valence-corrected chi connectivity index (χ2v) is 5.47. The van der Waals surface area contributed by atoms with Gasteiger partial charge in [-0.05, 0) is 42.3 Å². The molecule has 0 radical (unpaired) electrons. The van der Waals surface area contributed by atoms with Crippen LogP contribution in [-0.4, -0.2) is 25.7 Å². The third kappa shape index (κ3) is 2.99. The van der Waals surface area contributed by atoms with Crippen LogP contribution in [0.3, 0.4) is 0 Å². The fraction of sp³-hybridized carbons (Fsp3) is 0.235. The van der Waals surface area contributed by atoms with Crippen molar-refractivity contribution in [1.29, 1.82) is 5.41 Å². The molecule has 1 heterocycles. The van der Waals surface area contributed by atoms with E-state index < -0.39 is 0 Å². The summed E-state index contributed by atoms with van der Waals surface area (Å²) in [5, 5.41) is 7.55. The van der Waals surface area contributed by atoms with Gasteiger partial charge in [-0.1, -0.05) is 6.07 Å². The molecule has 2 unspecified atom stereocenters. The summed E-state index contributed by atoms with van der Waals surface area (Å²) in [5.41, 5.74) is 14.0. The number of rotatable bonds is 4. The Morgan fingerprint density at radius 2 is 1.87 bits per heavy atom. The highest BCUT2D eigenvalue weighted by atomic mass is 16.5. The average molecular weight is 312 g/mol. The predicted octanol–water partition coefficient (Wildman–Crippen LogP) is 2.07. The Morgan fingerprint density at radius 1 is 1.13 bits per heavy atom. The third-order valence-electron chi connectivity index (χ3n) is 3.96. The minimum absolute atomic E-state index is 0.226. The van der Waals surface area contributed by atoms with Gasteiger partial charge in [-0.3, -0.25) is 5.41 Å². The van der Waals surface area contributed by atoms with E-state index in [9.17, 15) is 0 Å². The van der Waals surface area contributed by atoms with Gasteiger partial charge in [0.1, 0.15) is 17.2 Å². The molecule has 0 amide bonds. The number of nitrogens with zero attached hydrogens (tertiary/aromatic N) is 1. The molecular formula is C17H20N4O2. The number of nitrogens with one attached hydrogen (secondary N) is 1. The van der Waals surface area contributed by atoms with Crippen LogP contribution in [-0.2, 0) is 6.42 Å². The van der Waals surface area contributed by atoms with Gasteiger partial charge in [0, 0.05) is 17.8 Å². The molecule has 3 rings (SSSR count). The van der Waals surface area contributed by atoms with E-state index in [0.29, 0.717) is 17.9 Å². The highest BCUT2D eigenvalue weighted by Gasteiger charge is 2.28. The first-order valence-corrected chi connectivity index (χ1v) is 7.37. The second kappa shape index (κ2) is 6.28. The highest BCUT2D eigenvalue weighted by molar-refractivity contribution is 5.81. The summed E-state index contributed by atoms with van der Waals surface area (Å²) in [6.07, 6.45) is 1.48. The van der Waals surface area contributed by atoms with E-state index in [1.807, 2.05) is 42.5 Å². The van der Waals surface area contributed by atoms with Crippen molar-refractivity contribution in [2.24, 2.45) is 11.5 Å². The fourth-order valence-corrected chi connectivity index (χ4v) is 2.74. The quantitative estimate of drug-likeness (QED) is 0.593. The van der Waals surface area contributed by atoms with Crippen molar-refractivity contribution < 1.29 is 9.47 Å². The number of nitrogens with two attached hydrogens (primary N) is 2. The van der Waals surface area contributed by atoms with Gasteiger partial charge in [0.2, 0.25) is 0 Å². The standard InChI is InChI=1S/C17H20N4O2/c1-22-12-3-2-4-13(9-12)23-14-5-6-16-11(7-14)8-15(19)17(20)21(16)10-18/h2-7,9-10,15,17-18H,8,19-20H2,1H3. The van der Waals surface area contributed by atoms with Crippen LogP contribution in [0.15, 0.2) is 42.5 Å². The zero-order chi connectivity index (χ0) is 16.4. The summed E-state index contributed by atoms with van der Waals surface area (Å²) in [5.74, 6) is 2.15. The first-order valence-electron chi connectivity index (χ1n) is 7.37. The van der Waals surface area contributed by atoms with Crippen molar-refractivity contribution in [1.82, 2.24) is 0 Å². The largest absolute Gasteiger partial charge is 0.497 e. The Morgan fingerprint density at radius 3 is 2.61 bits per heavy atom. The number of anilines is 1. The van der Waals surface area contributed by atoms with E-state index in [0.717, 1.165) is 17.0 Å². The van der Waals surface area contributed by atoms with Gasteiger partial charge < -0.3 is 25.8 Å². The van der Waals surface area contributed by atoms with Crippen molar-refractivity contribution in [3.05, 3.63) is 48.0 Å². The van der Waals surface area contributed by atoms with Gasteiger partial charge in [-0.2, -0.15) is 0 Å². The summed E-state index contributed by atoms with van der Waals surface area (Å²) < 4.78 is 11.1. The molecule has 0 aromatic heterocycles. The van der Waals surface area contributed by atoms with E-state index >= 15 is 0 Å². The van der Waals surface area contributed by atoms with Crippen molar-refractivity contribution in [2.45, 2.75) is 18.6 Å². The maximum atomic E-state index is 7.55. The van der Waals surface area contributed by atoms with Crippen molar-refractivity contribution in [2.75, 3.05) is 12.0 Å². The molecule has 6 heteroatoms. The lowest BCUT2D eigenvalue weighted by Crippen LogP contribution is -2.57. The average Bonchev–Trinajstić information content (AvgIpc) is 2.56. The van der Waals surface area contributed by atoms with Gasteiger partial charge in [0.05, 0.1) is 19.6 Å². The molecular weight excluding hydrogens is 292 g/mol. The molecule has 0 spiro atoms. The zero-order valence-electron chi connectivity index (χ0n) is 12.9. The molecule has 1 aliphatic rings. The van der Waals surface area contributed by atoms with Crippen LogP contribution in [0.1, 0.15) is 5.56 Å². The highest BCUT2D eigenvalue weighted by Crippen LogP contribution is 2.33. The Labute approximate surface area is 135 Å². The summed E-state index contributed by atoms with van der Waals surface area (Å²) in [6, 6.07) is 12.9. The van der Waals surface area contributed by atoms with Gasteiger partial charge in [-0.25, -0.2) is 0 Å². The number of hydrogen-bond donors (Lipinski definition) is 3. The number of ether oxygens (including phenoxy) is 2. The fourth-order valence-electron chi connectivity index (χ4n) is 2.74. The molecule has 5 N–H and O–H groups in total. The van der Waals surface area contributed by atoms with Gasteiger partial charge in [-0.15, -0.1) is 0 Å². The smallest absolute Gasteiger partial charge is 0.131 e. The number of fused-ring (bicyclic) bond motifs is 1. The molecule has 2 aromatic carbocycles. The molecule has 0 saturated carbocycles. The Kier molecular flexibility index (Phi) is 4.18. The van der Waals surface area contributed by atoms with Crippen LogP contribution in [0, 0.1) is 5.41 Å². The summed E-state index contributed by atoms with van der Waals surface area (Å²) in [7, 11) is 1.62.